The number of ether oxygens (including phenoxy) is 1. The molecule has 4 rings (SSSR count). The SMILES string of the molecule is CN1C(=O)NC(c2cccc(F)c2)C2=C1CN(CCCN1CCOCC1)C2=O. The molecule has 0 saturated carbocycles. The minimum Gasteiger partial charge on any atom is -0.379 e. The molecule has 0 bridgehead atoms. The number of likely N-dealkylation sites (N-methyl/N-ethyl adjacent to an activating group) is 1. The quantitative estimate of drug-likeness (QED) is 0.827. The van der Waals surface area contributed by atoms with E-state index in [0.29, 0.717) is 29.9 Å². The molecule has 8 heteroatoms. The molecular formula is C20H25FN4O3. The van der Waals surface area contributed by atoms with E-state index in [2.05, 4.69) is 10.2 Å². The van der Waals surface area contributed by atoms with Gasteiger partial charge in [0.25, 0.3) is 5.91 Å². The minimum atomic E-state index is -0.619. The number of hydrogen-bond acceptors (Lipinski definition) is 4. The van der Waals surface area contributed by atoms with E-state index in [1.165, 1.54) is 17.0 Å². The summed E-state index contributed by atoms with van der Waals surface area (Å²) in [7, 11) is 1.66. The van der Waals surface area contributed by atoms with Gasteiger partial charge in [-0.2, -0.15) is 0 Å². The zero-order valence-electron chi connectivity index (χ0n) is 16.0. The van der Waals surface area contributed by atoms with Gasteiger partial charge in [-0.15, -0.1) is 0 Å². The van der Waals surface area contributed by atoms with Crippen LogP contribution in [0.5, 0.6) is 0 Å². The molecule has 1 aromatic rings. The third-order valence-electron chi connectivity index (χ3n) is 5.62. The summed E-state index contributed by atoms with van der Waals surface area (Å²) in [5.74, 6) is -0.473. The van der Waals surface area contributed by atoms with E-state index in [1.807, 2.05) is 0 Å². The summed E-state index contributed by atoms with van der Waals surface area (Å²) in [6, 6.07) is 5.15. The molecule has 3 heterocycles. The predicted molar refractivity (Wildman–Crippen MR) is 101 cm³/mol. The highest BCUT2D eigenvalue weighted by molar-refractivity contribution is 6.01. The Balaban J connectivity index is 1.48. The molecule has 0 aromatic heterocycles. The molecular weight excluding hydrogens is 363 g/mol. The van der Waals surface area contributed by atoms with Crippen molar-refractivity contribution < 1.29 is 18.7 Å². The van der Waals surface area contributed by atoms with Crippen LogP contribution in [0.1, 0.15) is 18.0 Å². The number of benzene rings is 1. The molecule has 1 N–H and O–H groups in total. The topological polar surface area (TPSA) is 65.1 Å². The molecule has 0 radical (unpaired) electrons. The molecule has 1 fully saturated rings. The number of halogens is 1. The lowest BCUT2D eigenvalue weighted by molar-refractivity contribution is -0.125. The number of carbonyl (C=O) groups excluding carboxylic acids is 2. The van der Waals surface area contributed by atoms with Gasteiger partial charge < -0.3 is 15.0 Å². The van der Waals surface area contributed by atoms with Crippen molar-refractivity contribution in [3.63, 3.8) is 0 Å². The fourth-order valence-corrected chi connectivity index (χ4v) is 4.05. The van der Waals surface area contributed by atoms with E-state index in [-0.39, 0.29) is 17.8 Å². The maximum Gasteiger partial charge on any atom is 0.322 e. The lowest BCUT2D eigenvalue weighted by Gasteiger charge is -2.31. The van der Waals surface area contributed by atoms with Crippen LogP contribution in [-0.2, 0) is 9.53 Å². The lowest BCUT2D eigenvalue weighted by Crippen LogP contribution is -2.45. The number of hydrogen-bond donors (Lipinski definition) is 1. The predicted octanol–water partition coefficient (Wildman–Crippen LogP) is 1.34. The summed E-state index contributed by atoms with van der Waals surface area (Å²) in [4.78, 5) is 31.1. The van der Waals surface area contributed by atoms with Crippen molar-refractivity contribution in [2.24, 2.45) is 0 Å². The number of nitrogens with zero attached hydrogens (tertiary/aromatic N) is 3. The standard InChI is InChI=1S/C20H25FN4O3/c1-23-16-13-25(7-3-6-24-8-10-28-11-9-24)19(26)17(16)18(22-20(23)27)14-4-2-5-15(21)12-14/h2,4-5,12,18H,3,6-11,13H2,1H3,(H,22,27). The van der Waals surface area contributed by atoms with Gasteiger partial charge in [-0.05, 0) is 24.1 Å². The number of morpholine rings is 1. The molecule has 150 valence electrons. The molecule has 0 aliphatic carbocycles. The average molecular weight is 388 g/mol. The smallest absolute Gasteiger partial charge is 0.322 e. The van der Waals surface area contributed by atoms with Crippen LogP contribution in [0.15, 0.2) is 35.5 Å². The van der Waals surface area contributed by atoms with E-state index in [1.54, 1.807) is 24.1 Å². The van der Waals surface area contributed by atoms with E-state index >= 15 is 0 Å². The van der Waals surface area contributed by atoms with Crippen LogP contribution in [0.3, 0.4) is 0 Å². The number of rotatable bonds is 5. The second kappa shape index (κ2) is 7.89. The van der Waals surface area contributed by atoms with Crippen LogP contribution in [0.25, 0.3) is 0 Å². The van der Waals surface area contributed by atoms with Crippen molar-refractivity contribution in [3.8, 4) is 0 Å². The monoisotopic (exact) mass is 388 g/mol. The maximum atomic E-state index is 13.7. The first-order valence-electron chi connectivity index (χ1n) is 9.66. The minimum absolute atomic E-state index is 0.0851. The van der Waals surface area contributed by atoms with Gasteiger partial charge >= 0.3 is 6.03 Å². The third kappa shape index (κ3) is 3.62. The Bertz CT molecular complexity index is 806. The highest BCUT2D eigenvalue weighted by atomic mass is 19.1. The Morgan fingerprint density at radius 1 is 1.21 bits per heavy atom. The zero-order chi connectivity index (χ0) is 19.7. The van der Waals surface area contributed by atoms with Crippen LogP contribution < -0.4 is 5.32 Å². The van der Waals surface area contributed by atoms with Crippen LogP contribution in [-0.4, -0.2) is 79.6 Å². The van der Waals surface area contributed by atoms with Crippen LogP contribution in [0, 0.1) is 5.82 Å². The number of urea groups is 1. The number of carbonyl (C=O) groups is 2. The first-order valence-corrected chi connectivity index (χ1v) is 9.66. The van der Waals surface area contributed by atoms with E-state index in [4.69, 9.17) is 4.74 Å². The van der Waals surface area contributed by atoms with Gasteiger partial charge in [0.15, 0.2) is 0 Å². The molecule has 1 unspecified atom stereocenters. The van der Waals surface area contributed by atoms with Gasteiger partial charge in [-0.1, -0.05) is 12.1 Å². The Morgan fingerprint density at radius 2 is 2.00 bits per heavy atom. The average Bonchev–Trinajstić information content (AvgIpc) is 3.02. The zero-order valence-corrected chi connectivity index (χ0v) is 16.0. The van der Waals surface area contributed by atoms with Crippen molar-refractivity contribution in [2.45, 2.75) is 12.5 Å². The molecule has 7 nitrogen and oxygen atoms in total. The van der Waals surface area contributed by atoms with Gasteiger partial charge in [0.05, 0.1) is 37.1 Å². The highest BCUT2D eigenvalue weighted by Crippen LogP contribution is 2.35. The van der Waals surface area contributed by atoms with Crippen LogP contribution >= 0.6 is 0 Å². The van der Waals surface area contributed by atoms with Crippen LogP contribution in [0.4, 0.5) is 9.18 Å². The van der Waals surface area contributed by atoms with Gasteiger partial charge in [0.2, 0.25) is 0 Å². The van der Waals surface area contributed by atoms with E-state index < -0.39 is 6.04 Å². The summed E-state index contributed by atoms with van der Waals surface area (Å²) in [5, 5.41) is 2.83. The summed E-state index contributed by atoms with van der Waals surface area (Å²) in [5.41, 5.74) is 1.82. The highest BCUT2D eigenvalue weighted by Gasteiger charge is 2.42. The molecule has 3 amide bonds. The second-order valence-electron chi connectivity index (χ2n) is 7.39. The maximum absolute atomic E-state index is 13.7. The van der Waals surface area contributed by atoms with Gasteiger partial charge in [-0.25, -0.2) is 9.18 Å². The van der Waals surface area contributed by atoms with Gasteiger partial charge in [0.1, 0.15) is 5.82 Å². The first-order chi connectivity index (χ1) is 13.5. The summed E-state index contributed by atoms with van der Waals surface area (Å²) in [6.45, 7) is 5.31. The van der Waals surface area contributed by atoms with Crippen molar-refractivity contribution >= 4 is 11.9 Å². The Kier molecular flexibility index (Phi) is 5.32. The first kappa shape index (κ1) is 18.9. The van der Waals surface area contributed by atoms with E-state index in [0.717, 1.165) is 39.3 Å². The second-order valence-corrected chi connectivity index (χ2v) is 7.39. The number of amides is 3. The molecule has 1 atom stereocenters. The Hall–Kier alpha value is -2.45. The van der Waals surface area contributed by atoms with Crippen molar-refractivity contribution in [2.75, 3.05) is 53.0 Å². The van der Waals surface area contributed by atoms with Crippen molar-refractivity contribution in [3.05, 3.63) is 46.9 Å². The molecule has 1 aromatic carbocycles. The molecule has 28 heavy (non-hydrogen) atoms. The molecule has 3 aliphatic rings. The molecule has 1 saturated heterocycles. The largest absolute Gasteiger partial charge is 0.379 e. The van der Waals surface area contributed by atoms with Gasteiger partial charge in [0, 0.05) is 33.2 Å². The van der Waals surface area contributed by atoms with Crippen LogP contribution in [0.2, 0.25) is 0 Å². The van der Waals surface area contributed by atoms with Gasteiger partial charge in [-0.3, -0.25) is 14.6 Å². The molecule has 3 aliphatic heterocycles. The Morgan fingerprint density at radius 3 is 2.75 bits per heavy atom. The third-order valence-corrected chi connectivity index (χ3v) is 5.62. The molecule has 0 spiro atoms. The summed E-state index contributed by atoms with van der Waals surface area (Å²) < 4.78 is 19.1. The Labute approximate surface area is 163 Å². The fraction of sp³-hybridized carbons (Fsp3) is 0.500. The summed E-state index contributed by atoms with van der Waals surface area (Å²) >= 11 is 0. The van der Waals surface area contributed by atoms with Crippen molar-refractivity contribution in [1.29, 1.82) is 0 Å². The van der Waals surface area contributed by atoms with E-state index in [9.17, 15) is 14.0 Å². The lowest BCUT2D eigenvalue weighted by atomic mass is 9.95. The fourth-order valence-electron chi connectivity index (χ4n) is 4.05. The summed E-state index contributed by atoms with van der Waals surface area (Å²) in [6.07, 6.45) is 0.863. The number of nitrogens with one attached hydrogen (secondary N) is 1. The van der Waals surface area contributed by atoms with Crippen molar-refractivity contribution in [1.82, 2.24) is 20.0 Å². The normalized spacial score (nSPS) is 23.3.